The van der Waals surface area contributed by atoms with Crippen molar-refractivity contribution < 1.29 is 14.7 Å². The number of amides is 1. The second-order valence-corrected chi connectivity index (χ2v) is 5.61. The summed E-state index contributed by atoms with van der Waals surface area (Å²) in [5, 5.41) is 12.9. The molecule has 1 amide bonds. The summed E-state index contributed by atoms with van der Waals surface area (Å²) in [6.07, 6.45) is 0. The Bertz CT molecular complexity index is 822. The van der Waals surface area contributed by atoms with Crippen LogP contribution in [-0.2, 0) is 15.0 Å². The Morgan fingerprint density at radius 1 is 0.680 bits per heavy atom. The second kappa shape index (κ2) is 7.01. The molecule has 3 aromatic carbocycles. The van der Waals surface area contributed by atoms with E-state index in [4.69, 9.17) is 0 Å². The number of carbonyl (C=O) groups excluding carboxylic acids is 1. The summed E-state index contributed by atoms with van der Waals surface area (Å²) in [5.41, 5.74) is -0.479. The van der Waals surface area contributed by atoms with Crippen molar-refractivity contribution in [2.24, 2.45) is 0 Å². The van der Waals surface area contributed by atoms with Crippen LogP contribution in [-0.4, -0.2) is 17.0 Å². The molecular formula is C21H17NO3. The van der Waals surface area contributed by atoms with Gasteiger partial charge in [0, 0.05) is 5.69 Å². The number of carboxylic acids is 1. The lowest BCUT2D eigenvalue weighted by Gasteiger charge is -2.29. The molecule has 124 valence electrons. The van der Waals surface area contributed by atoms with Gasteiger partial charge < -0.3 is 10.4 Å². The average Bonchev–Trinajstić information content (AvgIpc) is 2.65. The molecule has 3 rings (SSSR count). The summed E-state index contributed by atoms with van der Waals surface area (Å²) < 4.78 is 0. The van der Waals surface area contributed by atoms with E-state index in [0.717, 1.165) is 0 Å². The highest BCUT2D eigenvalue weighted by atomic mass is 16.4. The van der Waals surface area contributed by atoms with Crippen molar-refractivity contribution in [1.29, 1.82) is 0 Å². The van der Waals surface area contributed by atoms with Gasteiger partial charge in [-0.3, -0.25) is 9.59 Å². The highest BCUT2D eigenvalue weighted by molar-refractivity contribution is 6.16. The molecule has 0 spiro atoms. The molecule has 0 bridgehead atoms. The maximum absolute atomic E-state index is 13.2. The van der Waals surface area contributed by atoms with Crippen LogP contribution in [0.15, 0.2) is 91.0 Å². The Morgan fingerprint density at radius 3 is 1.48 bits per heavy atom. The standard InChI is InChI=1S/C21H17NO3/c23-19(22-18-14-8-3-9-15-18)21(20(24)25,16-10-4-1-5-11-16)17-12-6-2-7-13-17/h1-15H,(H,22,23)(H,24,25). The third-order valence-corrected chi connectivity index (χ3v) is 4.11. The van der Waals surface area contributed by atoms with Crippen molar-refractivity contribution in [3.8, 4) is 0 Å². The molecule has 0 aliphatic carbocycles. The molecule has 4 heteroatoms. The van der Waals surface area contributed by atoms with Gasteiger partial charge in [0.05, 0.1) is 0 Å². The lowest BCUT2D eigenvalue weighted by Crippen LogP contribution is -2.48. The second-order valence-electron chi connectivity index (χ2n) is 5.61. The maximum atomic E-state index is 13.2. The quantitative estimate of drug-likeness (QED) is 0.701. The molecule has 0 radical (unpaired) electrons. The van der Waals surface area contributed by atoms with Crippen molar-refractivity contribution in [2.75, 3.05) is 5.32 Å². The van der Waals surface area contributed by atoms with Crippen LogP contribution in [0.5, 0.6) is 0 Å². The smallest absolute Gasteiger partial charge is 0.328 e. The topological polar surface area (TPSA) is 66.4 Å². The van der Waals surface area contributed by atoms with Gasteiger partial charge in [-0.25, -0.2) is 0 Å². The van der Waals surface area contributed by atoms with Gasteiger partial charge in [-0.15, -0.1) is 0 Å². The summed E-state index contributed by atoms with van der Waals surface area (Å²) >= 11 is 0. The van der Waals surface area contributed by atoms with Crippen LogP contribution < -0.4 is 5.32 Å². The van der Waals surface area contributed by atoms with E-state index < -0.39 is 17.3 Å². The van der Waals surface area contributed by atoms with Crippen LogP contribution in [0.3, 0.4) is 0 Å². The van der Waals surface area contributed by atoms with E-state index >= 15 is 0 Å². The van der Waals surface area contributed by atoms with E-state index in [1.165, 1.54) is 0 Å². The van der Waals surface area contributed by atoms with Crippen molar-refractivity contribution >= 4 is 17.6 Å². The largest absolute Gasteiger partial charge is 0.480 e. The van der Waals surface area contributed by atoms with Crippen molar-refractivity contribution in [3.05, 3.63) is 102 Å². The first kappa shape index (κ1) is 16.5. The average molecular weight is 331 g/mol. The number of carbonyl (C=O) groups is 2. The number of rotatable bonds is 5. The zero-order valence-corrected chi connectivity index (χ0v) is 13.4. The SMILES string of the molecule is O=C(O)C(C(=O)Nc1ccccc1)(c1ccccc1)c1ccccc1. The van der Waals surface area contributed by atoms with E-state index in [2.05, 4.69) is 5.32 Å². The number of anilines is 1. The maximum Gasteiger partial charge on any atom is 0.328 e. The lowest BCUT2D eigenvalue weighted by atomic mass is 9.73. The minimum absolute atomic E-state index is 0.405. The number of hydrogen-bond acceptors (Lipinski definition) is 2. The molecule has 3 aromatic rings. The molecule has 0 saturated heterocycles. The third kappa shape index (κ3) is 3.02. The number of hydrogen-bond donors (Lipinski definition) is 2. The molecule has 2 N–H and O–H groups in total. The van der Waals surface area contributed by atoms with Crippen LogP contribution >= 0.6 is 0 Å². The van der Waals surface area contributed by atoms with Gasteiger partial charge in [-0.2, -0.15) is 0 Å². The van der Waals surface area contributed by atoms with Crippen LogP contribution in [0.25, 0.3) is 0 Å². The van der Waals surface area contributed by atoms with Gasteiger partial charge in [0.15, 0.2) is 5.41 Å². The van der Waals surface area contributed by atoms with Crippen LogP contribution in [0, 0.1) is 0 Å². The van der Waals surface area contributed by atoms with Gasteiger partial charge in [-0.05, 0) is 23.3 Å². The molecule has 0 saturated carbocycles. The summed E-state index contributed by atoms with van der Waals surface area (Å²) in [6, 6.07) is 26.0. The summed E-state index contributed by atoms with van der Waals surface area (Å²) in [7, 11) is 0. The molecule has 25 heavy (non-hydrogen) atoms. The Kier molecular flexibility index (Phi) is 4.61. The minimum Gasteiger partial charge on any atom is -0.480 e. The van der Waals surface area contributed by atoms with E-state index in [1.807, 2.05) is 6.07 Å². The summed E-state index contributed by atoms with van der Waals surface area (Å²) in [5.74, 6) is -1.83. The van der Waals surface area contributed by atoms with Crippen molar-refractivity contribution in [2.45, 2.75) is 5.41 Å². The highest BCUT2D eigenvalue weighted by Gasteiger charge is 2.49. The molecule has 0 unspecified atom stereocenters. The molecule has 0 aliphatic heterocycles. The van der Waals surface area contributed by atoms with Gasteiger partial charge >= 0.3 is 5.97 Å². The van der Waals surface area contributed by atoms with Crippen molar-refractivity contribution in [3.63, 3.8) is 0 Å². The first-order valence-electron chi connectivity index (χ1n) is 7.86. The predicted octanol–water partition coefficient (Wildman–Crippen LogP) is 3.70. The minimum atomic E-state index is -1.83. The van der Waals surface area contributed by atoms with Crippen LogP contribution in [0.2, 0.25) is 0 Å². The van der Waals surface area contributed by atoms with Crippen LogP contribution in [0.1, 0.15) is 11.1 Å². The third-order valence-electron chi connectivity index (χ3n) is 4.11. The fourth-order valence-electron chi connectivity index (χ4n) is 2.90. The van der Waals surface area contributed by atoms with E-state index in [9.17, 15) is 14.7 Å². The monoisotopic (exact) mass is 331 g/mol. The fourth-order valence-corrected chi connectivity index (χ4v) is 2.90. The number of para-hydroxylation sites is 1. The first-order chi connectivity index (χ1) is 12.2. The van der Waals surface area contributed by atoms with Gasteiger partial charge in [0.2, 0.25) is 0 Å². The van der Waals surface area contributed by atoms with Gasteiger partial charge in [0.25, 0.3) is 5.91 Å². The normalized spacial score (nSPS) is 10.9. The number of aliphatic carboxylic acids is 1. The first-order valence-corrected chi connectivity index (χ1v) is 7.86. The highest BCUT2D eigenvalue weighted by Crippen LogP contribution is 2.34. The van der Waals surface area contributed by atoms with Crippen molar-refractivity contribution in [1.82, 2.24) is 0 Å². The van der Waals surface area contributed by atoms with Gasteiger partial charge in [-0.1, -0.05) is 78.9 Å². The predicted molar refractivity (Wildman–Crippen MR) is 96.4 cm³/mol. The van der Waals surface area contributed by atoms with E-state index in [-0.39, 0.29) is 0 Å². The molecule has 0 aromatic heterocycles. The Balaban J connectivity index is 2.17. The molecule has 0 aliphatic rings. The molecule has 0 heterocycles. The van der Waals surface area contributed by atoms with E-state index in [0.29, 0.717) is 16.8 Å². The molecule has 0 fully saturated rings. The molecule has 4 nitrogen and oxygen atoms in total. The molecule has 0 atom stereocenters. The van der Waals surface area contributed by atoms with Gasteiger partial charge in [0.1, 0.15) is 0 Å². The zero-order valence-electron chi connectivity index (χ0n) is 13.4. The number of carboxylic acid groups (broad SMARTS) is 1. The molecular weight excluding hydrogens is 314 g/mol. The fraction of sp³-hybridized carbons (Fsp3) is 0.0476. The Morgan fingerprint density at radius 2 is 1.08 bits per heavy atom. The Labute approximate surface area is 145 Å². The Hall–Kier alpha value is -3.40. The number of benzene rings is 3. The lowest BCUT2D eigenvalue weighted by molar-refractivity contribution is -0.146. The zero-order chi connectivity index (χ0) is 17.7. The summed E-state index contributed by atoms with van der Waals surface area (Å²) in [6.45, 7) is 0. The van der Waals surface area contributed by atoms with E-state index in [1.54, 1.807) is 84.9 Å². The summed E-state index contributed by atoms with van der Waals surface area (Å²) in [4.78, 5) is 25.6. The number of nitrogens with one attached hydrogen (secondary N) is 1. The van der Waals surface area contributed by atoms with Crippen LogP contribution in [0.4, 0.5) is 5.69 Å².